The average Bonchev–Trinajstić information content (AvgIpc) is 2.81. The van der Waals surface area contributed by atoms with Gasteiger partial charge in [0.05, 0.1) is 6.21 Å². The van der Waals surface area contributed by atoms with Crippen molar-refractivity contribution < 1.29 is 17.9 Å². The van der Waals surface area contributed by atoms with Crippen molar-refractivity contribution in [3.63, 3.8) is 0 Å². The lowest BCUT2D eigenvalue weighted by Crippen LogP contribution is -2.17. The van der Waals surface area contributed by atoms with Gasteiger partial charge in [-0.25, -0.2) is 9.98 Å². The minimum atomic E-state index is -4.74. The van der Waals surface area contributed by atoms with Crippen molar-refractivity contribution >= 4 is 12.1 Å². The van der Waals surface area contributed by atoms with E-state index in [1.54, 1.807) is 6.92 Å². The molecule has 0 amide bonds. The zero-order valence-electron chi connectivity index (χ0n) is 10.8. The van der Waals surface area contributed by atoms with E-state index in [9.17, 15) is 13.2 Å². The van der Waals surface area contributed by atoms with E-state index in [0.717, 1.165) is 12.1 Å². The number of nitrogens with zero attached hydrogens (tertiary/aromatic N) is 3. The van der Waals surface area contributed by atoms with Crippen LogP contribution < -0.4 is 4.74 Å². The molecule has 0 saturated heterocycles. The molecule has 0 aliphatic carbocycles. The number of amidine groups is 1. The van der Waals surface area contributed by atoms with Gasteiger partial charge in [-0.15, -0.1) is 13.2 Å². The van der Waals surface area contributed by atoms with E-state index in [0.29, 0.717) is 17.2 Å². The molecule has 110 valence electrons. The Bertz CT molecular complexity index is 660. The monoisotopic (exact) mass is 297 g/mol. The number of alkyl halides is 3. The quantitative estimate of drug-likeness (QED) is 0.674. The highest BCUT2D eigenvalue weighted by molar-refractivity contribution is 6.02. The molecule has 2 aromatic rings. The van der Waals surface area contributed by atoms with Crippen molar-refractivity contribution in [3.8, 4) is 5.75 Å². The highest BCUT2D eigenvalue weighted by Gasteiger charge is 2.30. The Morgan fingerprint density at radius 1 is 1.33 bits per heavy atom. The predicted octanol–water partition coefficient (Wildman–Crippen LogP) is 2.46. The highest BCUT2D eigenvalue weighted by Crippen LogP contribution is 2.22. The van der Waals surface area contributed by atoms with Crippen LogP contribution in [0.5, 0.6) is 5.75 Å². The third-order valence-corrected chi connectivity index (χ3v) is 2.28. The largest absolute Gasteiger partial charge is 0.573 e. The summed E-state index contributed by atoms with van der Waals surface area (Å²) < 4.78 is 39.8. The summed E-state index contributed by atoms with van der Waals surface area (Å²) in [6.45, 7) is 1.72. The number of aryl methyl sites for hydroxylation is 1. The van der Waals surface area contributed by atoms with Crippen molar-refractivity contribution in [1.82, 2.24) is 15.2 Å². The van der Waals surface area contributed by atoms with Crippen LogP contribution in [0.25, 0.3) is 0 Å². The molecule has 6 nitrogen and oxygen atoms in total. The molecule has 0 aliphatic rings. The summed E-state index contributed by atoms with van der Waals surface area (Å²) in [5.41, 5.74) is 0.341. The molecule has 0 atom stereocenters. The average molecular weight is 297 g/mol. The molecule has 0 spiro atoms. The summed E-state index contributed by atoms with van der Waals surface area (Å²) >= 11 is 0. The number of hydrogen-bond acceptors (Lipinski definition) is 4. The Balaban J connectivity index is 2.04. The number of H-pyrrole nitrogens is 1. The molecular weight excluding hydrogens is 287 g/mol. The van der Waals surface area contributed by atoms with Gasteiger partial charge in [-0.1, -0.05) is 0 Å². The lowest BCUT2D eigenvalue weighted by atomic mass is 10.2. The molecule has 9 heteroatoms. The summed E-state index contributed by atoms with van der Waals surface area (Å²) in [5.74, 6) is 0.439. The van der Waals surface area contributed by atoms with Gasteiger partial charge >= 0.3 is 6.36 Å². The number of aromatic nitrogens is 3. The summed E-state index contributed by atoms with van der Waals surface area (Å²) in [6, 6.07) is 4.85. The molecule has 1 aromatic heterocycles. The minimum Gasteiger partial charge on any atom is -0.406 e. The topological polar surface area (TPSA) is 87.0 Å². The second-order valence-electron chi connectivity index (χ2n) is 3.96. The lowest BCUT2D eigenvalue weighted by molar-refractivity contribution is -0.274. The van der Waals surface area contributed by atoms with Crippen molar-refractivity contribution in [2.75, 3.05) is 0 Å². The van der Waals surface area contributed by atoms with Gasteiger partial charge in [-0.3, -0.25) is 10.5 Å². The van der Waals surface area contributed by atoms with Crippen LogP contribution in [0.3, 0.4) is 0 Å². The first-order valence-corrected chi connectivity index (χ1v) is 5.71. The zero-order chi connectivity index (χ0) is 15.5. The molecule has 0 saturated carbocycles. The van der Waals surface area contributed by atoms with Crippen LogP contribution in [-0.2, 0) is 0 Å². The summed E-state index contributed by atoms with van der Waals surface area (Å²) in [4.78, 5) is 7.81. The molecule has 0 unspecified atom stereocenters. The first kappa shape index (κ1) is 14.7. The Morgan fingerprint density at radius 3 is 2.52 bits per heavy atom. The number of hydrogen-bond donors (Lipinski definition) is 2. The van der Waals surface area contributed by atoms with Crippen LogP contribution in [0, 0.1) is 12.3 Å². The SMILES string of the molecule is Cc1nc(C=NC(=N)c2ccc(OC(F)(F)F)cc2)n[nH]1. The van der Waals surface area contributed by atoms with Gasteiger partial charge in [-0.05, 0) is 31.2 Å². The fraction of sp³-hybridized carbons (Fsp3) is 0.167. The Morgan fingerprint density at radius 2 is 2.00 bits per heavy atom. The maximum atomic E-state index is 12.0. The molecule has 0 bridgehead atoms. The molecule has 2 N–H and O–H groups in total. The van der Waals surface area contributed by atoms with Gasteiger partial charge in [-0.2, -0.15) is 5.10 Å². The van der Waals surface area contributed by atoms with E-state index in [1.165, 1.54) is 18.3 Å². The first-order chi connectivity index (χ1) is 9.83. The summed E-state index contributed by atoms with van der Waals surface area (Å²) in [7, 11) is 0. The van der Waals surface area contributed by atoms with Crippen LogP contribution in [0.1, 0.15) is 17.2 Å². The van der Waals surface area contributed by atoms with Crippen LogP contribution in [0.15, 0.2) is 29.3 Å². The third-order valence-electron chi connectivity index (χ3n) is 2.28. The van der Waals surface area contributed by atoms with Crippen molar-refractivity contribution in [2.24, 2.45) is 4.99 Å². The number of nitrogens with one attached hydrogen (secondary N) is 2. The van der Waals surface area contributed by atoms with Gasteiger partial charge in [0.15, 0.2) is 11.7 Å². The maximum absolute atomic E-state index is 12.0. The Labute approximate surface area is 117 Å². The lowest BCUT2D eigenvalue weighted by Gasteiger charge is -2.08. The van der Waals surface area contributed by atoms with E-state index in [1.807, 2.05) is 0 Å². The van der Waals surface area contributed by atoms with Crippen LogP contribution in [-0.4, -0.2) is 33.6 Å². The van der Waals surface area contributed by atoms with Gasteiger partial charge < -0.3 is 4.74 Å². The molecule has 2 rings (SSSR count). The van der Waals surface area contributed by atoms with Crippen LogP contribution in [0.2, 0.25) is 0 Å². The van der Waals surface area contributed by atoms with E-state index in [2.05, 4.69) is 24.9 Å². The smallest absolute Gasteiger partial charge is 0.406 e. The number of halogens is 3. The van der Waals surface area contributed by atoms with E-state index in [-0.39, 0.29) is 11.6 Å². The number of rotatable bonds is 3. The Kier molecular flexibility index (Phi) is 4.01. The normalized spacial score (nSPS) is 11.8. The van der Waals surface area contributed by atoms with Crippen LogP contribution in [0.4, 0.5) is 13.2 Å². The van der Waals surface area contributed by atoms with Crippen molar-refractivity contribution in [3.05, 3.63) is 41.5 Å². The second kappa shape index (κ2) is 5.73. The first-order valence-electron chi connectivity index (χ1n) is 5.71. The fourth-order valence-corrected chi connectivity index (χ4v) is 1.43. The van der Waals surface area contributed by atoms with Gasteiger partial charge in [0.1, 0.15) is 11.6 Å². The zero-order valence-corrected chi connectivity index (χ0v) is 10.8. The standard InChI is InChI=1S/C12H10F3N5O/c1-7-18-10(20-19-7)6-17-11(16)8-2-4-9(5-3-8)21-12(13,14)15/h2-6,16H,1H3,(H,18,19,20). The number of ether oxygens (including phenoxy) is 1. The fourth-order valence-electron chi connectivity index (χ4n) is 1.43. The second-order valence-corrected chi connectivity index (χ2v) is 3.96. The molecular formula is C12H10F3N5O. The summed E-state index contributed by atoms with van der Waals surface area (Å²) in [5, 5.41) is 14.1. The Hall–Kier alpha value is -2.71. The number of aliphatic imine (C=N–C) groups is 1. The molecule has 21 heavy (non-hydrogen) atoms. The van der Waals surface area contributed by atoms with Gasteiger partial charge in [0.25, 0.3) is 0 Å². The highest BCUT2D eigenvalue weighted by atomic mass is 19.4. The number of benzene rings is 1. The van der Waals surface area contributed by atoms with Gasteiger partial charge in [0, 0.05) is 5.56 Å². The van der Waals surface area contributed by atoms with E-state index >= 15 is 0 Å². The minimum absolute atomic E-state index is 0.129. The van der Waals surface area contributed by atoms with E-state index in [4.69, 9.17) is 5.41 Å². The molecule has 0 radical (unpaired) electrons. The van der Waals surface area contributed by atoms with Crippen molar-refractivity contribution in [1.29, 1.82) is 5.41 Å². The predicted molar refractivity (Wildman–Crippen MR) is 68.7 cm³/mol. The van der Waals surface area contributed by atoms with E-state index < -0.39 is 6.36 Å². The molecule has 1 heterocycles. The molecule has 1 aromatic carbocycles. The number of aromatic amines is 1. The molecule has 0 aliphatic heterocycles. The van der Waals surface area contributed by atoms with Crippen LogP contribution >= 0.6 is 0 Å². The molecule has 0 fully saturated rings. The maximum Gasteiger partial charge on any atom is 0.573 e. The van der Waals surface area contributed by atoms with Crippen molar-refractivity contribution in [2.45, 2.75) is 13.3 Å². The third kappa shape index (κ3) is 4.41. The van der Waals surface area contributed by atoms with Gasteiger partial charge in [0.2, 0.25) is 0 Å². The summed E-state index contributed by atoms with van der Waals surface area (Å²) in [6.07, 6.45) is -3.46.